The van der Waals surface area contributed by atoms with Gasteiger partial charge in [0.15, 0.2) is 0 Å². The van der Waals surface area contributed by atoms with Crippen molar-refractivity contribution in [3.63, 3.8) is 0 Å². The van der Waals surface area contributed by atoms with Crippen molar-refractivity contribution in [3.05, 3.63) is 18.0 Å². The summed E-state index contributed by atoms with van der Waals surface area (Å²) in [4.78, 5) is 29.5. The van der Waals surface area contributed by atoms with E-state index in [1.807, 2.05) is 22.9 Å². The Bertz CT molecular complexity index is 692. The molecule has 1 spiro atoms. The Hall–Kier alpha value is -1.89. The zero-order chi connectivity index (χ0) is 19.6. The first-order valence-corrected chi connectivity index (χ1v) is 10.9. The van der Waals surface area contributed by atoms with Gasteiger partial charge < -0.3 is 14.5 Å². The van der Waals surface area contributed by atoms with Crippen LogP contribution in [0.25, 0.3) is 0 Å². The summed E-state index contributed by atoms with van der Waals surface area (Å²) in [5, 5.41) is 4.31. The van der Waals surface area contributed by atoms with Crippen LogP contribution >= 0.6 is 0 Å². The van der Waals surface area contributed by atoms with Crippen LogP contribution in [-0.2, 0) is 16.1 Å². The van der Waals surface area contributed by atoms with E-state index >= 15 is 0 Å². The maximum atomic E-state index is 13.0. The number of piperidine rings is 2. The summed E-state index contributed by atoms with van der Waals surface area (Å²) in [6, 6.07) is 1.78. The first-order chi connectivity index (χ1) is 13.6. The van der Waals surface area contributed by atoms with Crippen LogP contribution in [0.2, 0.25) is 0 Å². The molecule has 7 nitrogen and oxygen atoms in total. The van der Waals surface area contributed by atoms with Crippen LogP contribution in [-0.4, -0.2) is 69.8 Å². The standard InChI is InChI=1S/C21H32N4O3/c1-2-25-13-7-18(22-25)20(27)23-11-5-17(6-12-23)19(26)24-14-9-21(10-15-24)8-3-4-16-28-21/h7,13,17H,2-6,8-12,14-16H2,1H3. The molecule has 3 fully saturated rings. The molecule has 3 aliphatic heterocycles. The third kappa shape index (κ3) is 3.95. The molecule has 0 bridgehead atoms. The zero-order valence-corrected chi connectivity index (χ0v) is 16.9. The Morgan fingerprint density at radius 2 is 1.86 bits per heavy atom. The number of aromatic nitrogens is 2. The molecule has 7 heteroatoms. The first kappa shape index (κ1) is 19.4. The van der Waals surface area contributed by atoms with Crippen molar-refractivity contribution in [2.75, 3.05) is 32.8 Å². The normalized spacial score (nSPS) is 23.2. The number of ether oxygens (including phenoxy) is 1. The van der Waals surface area contributed by atoms with E-state index in [1.54, 1.807) is 10.7 Å². The van der Waals surface area contributed by atoms with Crippen molar-refractivity contribution in [2.45, 2.75) is 64.0 Å². The molecule has 0 saturated carbocycles. The highest BCUT2D eigenvalue weighted by molar-refractivity contribution is 5.92. The predicted molar refractivity (Wildman–Crippen MR) is 105 cm³/mol. The second-order valence-electron chi connectivity index (χ2n) is 8.44. The Morgan fingerprint density at radius 3 is 2.46 bits per heavy atom. The molecule has 1 aromatic rings. The van der Waals surface area contributed by atoms with E-state index in [9.17, 15) is 9.59 Å². The molecule has 0 radical (unpaired) electrons. The Balaban J connectivity index is 1.26. The van der Waals surface area contributed by atoms with Crippen molar-refractivity contribution in [1.29, 1.82) is 0 Å². The summed E-state index contributed by atoms with van der Waals surface area (Å²) in [5.41, 5.74) is 0.535. The first-order valence-electron chi connectivity index (χ1n) is 10.9. The summed E-state index contributed by atoms with van der Waals surface area (Å²) in [7, 11) is 0. The van der Waals surface area contributed by atoms with Gasteiger partial charge in [0.1, 0.15) is 5.69 Å². The van der Waals surface area contributed by atoms with Gasteiger partial charge in [-0.05, 0) is 57.9 Å². The van der Waals surface area contributed by atoms with E-state index < -0.39 is 0 Å². The fourth-order valence-corrected chi connectivity index (χ4v) is 4.84. The van der Waals surface area contributed by atoms with Gasteiger partial charge in [-0.25, -0.2) is 0 Å². The van der Waals surface area contributed by atoms with Crippen LogP contribution in [0.1, 0.15) is 62.4 Å². The molecule has 0 N–H and O–H groups in total. The van der Waals surface area contributed by atoms with Gasteiger partial charge in [0, 0.05) is 51.4 Å². The van der Waals surface area contributed by atoms with Crippen LogP contribution in [0.4, 0.5) is 0 Å². The lowest BCUT2D eigenvalue weighted by Crippen LogP contribution is -2.52. The molecule has 154 valence electrons. The molecule has 28 heavy (non-hydrogen) atoms. The number of nitrogens with zero attached hydrogens (tertiary/aromatic N) is 4. The topological polar surface area (TPSA) is 67.7 Å². The number of carbonyl (C=O) groups is 2. The molecule has 0 aliphatic carbocycles. The molecule has 3 saturated heterocycles. The highest BCUT2D eigenvalue weighted by Gasteiger charge is 2.39. The fraction of sp³-hybridized carbons (Fsp3) is 0.762. The summed E-state index contributed by atoms with van der Waals surface area (Å²) < 4.78 is 7.85. The van der Waals surface area contributed by atoms with Gasteiger partial charge in [-0.3, -0.25) is 14.3 Å². The smallest absolute Gasteiger partial charge is 0.274 e. The van der Waals surface area contributed by atoms with Gasteiger partial charge >= 0.3 is 0 Å². The van der Waals surface area contributed by atoms with E-state index in [0.29, 0.717) is 18.8 Å². The van der Waals surface area contributed by atoms with Crippen LogP contribution in [0.3, 0.4) is 0 Å². The third-order valence-electron chi connectivity index (χ3n) is 6.74. The van der Waals surface area contributed by atoms with Crippen molar-refractivity contribution in [3.8, 4) is 0 Å². The highest BCUT2D eigenvalue weighted by atomic mass is 16.5. The zero-order valence-electron chi connectivity index (χ0n) is 16.9. The van der Waals surface area contributed by atoms with Crippen molar-refractivity contribution in [1.82, 2.24) is 19.6 Å². The van der Waals surface area contributed by atoms with Gasteiger partial charge in [-0.15, -0.1) is 0 Å². The van der Waals surface area contributed by atoms with E-state index in [-0.39, 0.29) is 23.3 Å². The van der Waals surface area contributed by atoms with Crippen molar-refractivity contribution < 1.29 is 14.3 Å². The van der Waals surface area contributed by atoms with Crippen LogP contribution < -0.4 is 0 Å². The molecule has 4 rings (SSSR count). The minimum atomic E-state index is -0.0209. The molecule has 1 aromatic heterocycles. The molecule has 0 aromatic carbocycles. The largest absolute Gasteiger partial charge is 0.375 e. The average Bonchev–Trinajstić information content (AvgIpc) is 3.23. The number of hydrogen-bond acceptors (Lipinski definition) is 4. The van der Waals surface area contributed by atoms with E-state index in [2.05, 4.69) is 5.10 Å². The minimum absolute atomic E-state index is 0.0209. The molecule has 2 amide bonds. The third-order valence-corrected chi connectivity index (χ3v) is 6.74. The summed E-state index contributed by atoms with van der Waals surface area (Å²) in [5.74, 6) is 0.291. The van der Waals surface area contributed by atoms with E-state index in [4.69, 9.17) is 4.74 Å². The van der Waals surface area contributed by atoms with Crippen LogP contribution in [0.15, 0.2) is 12.3 Å². The summed E-state index contributed by atoms with van der Waals surface area (Å²) in [6.45, 7) is 6.52. The number of amides is 2. The number of hydrogen-bond donors (Lipinski definition) is 0. The Kier molecular flexibility index (Phi) is 5.71. The second kappa shape index (κ2) is 8.23. The highest BCUT2D eigenvalue weighted by Crippen LogP contribution is 2.35. The van der Waals surface area contributed by atoms with Gasteiger partial charge in [-0.2, -0.15) is 5.10 Å². The van der Waals surface area contributed by atoms with Gasteiger partial charge in [0.05, 0.1) is 5.60 Å². The lowest BCUT2D eigenvalue weighted by atomic mass is 9.84. The minimum Gasteiger partial charge on any atom is -0.375 e. The summed E-state index contributed by atoms with van der Waals surface area (Å²) in [6.07, 6.45) is 8.82. The van der Waals surface area contributed by atoms with E-state index in [0.717, 1.165) is 58.3 Å². The molecule has 0 unspecified atom stereocenters. The number of rotatable bonds is 3. The number of carbonyl (C=O) groups excluding carboxylic acids is 2. The average molecular weight is 389 g/mol. The van der Waals surface area contributed by atoms with Gasteiger partial charge in [0.2, 0.25) is 5.91 Å². The monoisotopic (exact) mass is 388 g/mol. The number of aryl methyl sites for hydroxylation is 1. The van der Waals surface area contributed by atoms with Crippen LogP contribution in [0, 0.1) is 5.92 Å². The quantitative estimate of drug-likeness (QED) is 0.797. The molecule has 3 aliphatic rings. The molecule has 0 atom stereocenters. The molecular weight excluding hydrogens is 356 g/mol. The maximum absolute atomic E-state index is 13.0. The Labute approximate surface area is 167 Å². The summed E-state index contributed by atoms with van der Waals surface area (Å²) >= 11 is 0. The van der Waals surface area contributed by atoms with Crippen molar-refractivity contribution >= 4 is 11.8 Å². The lowest BCUT2D eigenvalue weighted by Gasteiger charge is -2.45. The molecular formula is C21H32N4O3. The fourth-order valence-electron chi connectivity index (χ4n) is 4.84. The SMILES string of the molecule is CCn1ccc(C(=O)N2CCC(C(=O)N3CCC4(CCCCO4)CC3)CC2)n1. The maximum Gasteiger partial charge on any atom is 0.274 e. The van der Waals surface area contributed by atoms with Crippen LogP contribution in [0.5, 0.6) is 0 Å². The second-order valence-corrected chi connectivity index (χ2v) is 8.44. The molecule has 4 heterocycles. The lowest BCUT2D eigenvalue weighted by molar-refractivity contribution is -0.147. The predicted octanol–water partition coefficient (Wildman–Crippen LogP) is 2.32. The van der Waals surface area contributed by atoms with Gasteiger partial charge in [0.25, 0.3) is 5.91 Å². The number of likely N-dealkylation sites (tertiary alicyclic amines) is 2. The Morgan fingerprint density at radius 1 is 1.11 bits per heavy atom. The van der Waals surface area contributed by atoms with Gasteiger partial charge in [-0.1, -0.05) is 0 Å². The van der Waals surface area contributed by atoms with E-state index in [1.165, 1.54) is 12.8 Å². The van der Waals surface area contributed by atoms with Crippen molar-refractivity contribution in [2.24, 2.45) is 5.92 Å².